The Bertz CT molecular complexity index is 340. The van der Waals surface area contributed by atoms with Crippen molar-refractivity contribution in [2.24, 2.45) is 0 Å². The zero-order valence-corrected chi connectivity index (χ0v) is 9.03. The predicted octanol–water partition coefficient (Wildman–Crippen LogP) is 0.554. The third-order valence-electron chi connectivity index (χ3n) is 2.09. The average molecular weight is 208 g/mol. The van der Waals surface area contributed by atoms with Gasteiger partial charge in [-0.25, -0.2) is 4.98 Å². The summed E-state index contributed by atoms with van der Waals surface area (Å²) < 4.78 is 0. The monoisotopic (exact) mass is 208 g/mol. The predicted molar refractivity (Wildman–Crippen MR) is 60.5 cm³/mol. The van der Waals surface area contributed by atoms with E-state index in [1.54, 1.807) is 30.1 Å². The molecule has 15 heavy (non-hydrogen) atoms. The molecule has 1 aromatic rings. The minimum Gasteiger partial charge on any atom is -0.384 e. The minimum absolute atomic E-state index is 0.0294. The first-order valence-corrected chi connectivity index (χ1v) is 4.84. The van der Waals surface area contributed by atoms with Crippen molar-refractivity contribution in [1.82, 2.24) is 9.88 Å². The van der Waals surface area contributed by atoms with Crippen LogP contribution in [0.25, 0.3) is 0 Å². The number of hydrogen-bond donors (Lipinski definition) is 2. The quantitative estimate of drug-likeness (QED) is 0.758. The Kier molecular flexibility index (Phi) is 3.91. The molecular formula is C10H16N4O. The lowest BCUT2D eigenvalue weighted by Gasteiger charge is -2.14. The molecule has 0 aliphatic heterocycles. The number of amides is 1. The van der Waals surface area contributed by atoms with Crippen molar-refractivity contribution in [3.8, 4) is 0 Å². The maximum Gasteiger partial charge on any atom is 0.241 e. The second-order valence-corrected chi connectivity index (χ2v) is 3.21. The van der Waals surface area contributed by atoms with Crippen LogP contribution in [-0.4, -0.2) is 35.9 Å². The number of nitrogen functional groups attached to an aromatic ring is 1. The fourth-order valence-electron chi connectivity index (χ4n) is 1.03. The minimum atomic E-state index is 0.0294. The molecule has 0 saturated carbocycles. The molecular weight excluding hydrogens is 192 g/mol. The van der Waals surface area contributed by atoms with Crippen LogP contribution in [0.3, 0.4) is 0 Å². The molecule has 0 bridgehead atoms. The van der Waals surface area contributed by atoms with Crippen LogP contribution >= 0.6 is 0 Å². The molecule has 1 rings (SSSR count). The Hall–Kier alpha value is -1.78. The van der Waals surface area contributed by atoms with Crippen molar-refractivity contribution in [1.29, 1.82) is 0 Å². The van der Waals surface area contributed by atoms with Crippen molar-refractivity contribution in [3.05, 3.63) is 18.2 Å². The lowest BCUT2D eigenvalue weighted by Crippen LogP contribution is -2.32. The maximum atomic E-state index is 11.4. The number of rotatable bonds is 4. The molecule has 82 valence electrons. The molecule has 1 heterocycles. The van der Waals surface area contributed by atoms with E-state index < -0.39 is 0 Å². The van der Waals surface area contributed by atoms with Gasteiger partial charge in [0.25, 0.3) is 0 Å². The highest BCUT2D eigenvalue weighted by Gasteiger charge is 2.05. The van der Waals surface area contributed by atoms with Crippen LogP contribution in [-0.2, 0) is 4.79 Å². The van der Waals surface area contributed by atoms with Crippen molar-refractivity contribution in [2.45, 2.75) is 6.92 Å². The van der Waals surface area contributed by atoms with Gasteiger partial charge in [-0.15, -0.1) is 0 Å². The highest BCUT2D eigenvalue weighted by molar-refractivity contribution is 5.80. The third kappa shape index (κ3) is 3.46. The summed E-state index contributed by atoms with van der Waals surface area (Å²) in [4.78, 5) is 17.1. The number of nitrogens with two attached hydrogens (primary N) is 1. The number of anilines is 2. The average Bonchev–Trinajstić information content (AvgIpc) is 2.25. The highest BCUT2D eigenvalue weighted by atomic mass is 16.2. The molecule has 1 amide bonds. The van der Waals surface area contributed by atoms with Gasteiger partial charge in [0, 0.05) is 13.6 Å². The van der Waals surface area contributed by atoms with Crippen LogP contribution in [0.2, 0.25) is 0 Å². The summed E-state index contributed by atoms with van der Waals surface area (Å²) in [5.74, 6) is 1.09. The van der Waals surface area contributed by atoms with E-state index in [-0.39, 0.29) is 12.5 Å². The zero-order valence-electron chi connectivity index (χ0n) is 9.03. The molecule has 0 spiro atoms. The van der Waals surface area contributed by atoms with Gasteiger partial charge in [0.1, 0.15) is 11.6 Å². The van der Waals surface area contributed by atoms with Gasteiger partial charge < -0.3 is 16.0 Å². The van der Waals surface area contributed by atoms with E-state index in [9.17, 15) is 4.79 Å². The van der Waals surface area contributed by atoms with Gasteiger partial charge in [-0.2, -0.15) is 0 Å². The number of pyridine rings is 1. The number of aromatic nitrogens is 1. The summed E-state index contributed by atoms with van der Waals surface area (Å²) in [5.41, 5.74) is 5.50. The van der Waals surface area contributed by atoms with Crippen LogP contribution in [0, 0.1) is 0 Å². The van der Waals surface area contributed by atoms with E-state index in [1.807, 2.05) is 6.92 Å². The van der Waals surface area contributed by atoms with Crippen LogP contribution in [0.1, 0.15) is 6.92 Å². The van der Waals surface area contributed by atoms with Crippen LogP contribution in [0.5, 0.6) is 0 Å². The fraction of sp³-hybridized carbons (Fsp3) is 0.400. The van der Waals surface area contributed by atoms with E-state index in [2.05, 4.69) is 10.3 Å². The largest absolute Gasteiger partial charge is 0.384 e. The topological polar surface area (TPSA) is 71.2 Å². The second-order valence-electron chi connectivity index (χ2n) is 3.21. The molecule has 3 N–H and O–H groups in total. The number of carbonyl (C=O) groups excluding carboxylic acids is 1. The van der Waals surface area contributed by atoms with Gasteiger partial charge >= 0.3 is 0 Å². The molecule has 0 radical (unpaired) electrons. The number of nitrogens with one attached hydrogen (secondary N) is 1. The molecule has 0 fully saturated rings. The normalized spacial score (nSPS) is 9.73. The lowest BCUT2D eigenvalue weighted by atomic mass is 10.4. The van der Waals surface area contributed by atoms with Crippen molar-refractivity contribution in [2.75, 3.05) is 31.2 Å². The summed E-state index contributed by atoms with van der Waals surface area (Å²) in [6.07, 6.45) is 0. The molecule has 0 aromatic carbocycles. The fourth-order valence-corrected chi connectivity index (χ4v) is 1.03. The molecule has 0 atom stereocenters. The SMILES string of the molecule is CCN(C)C(=O)CNc1cccc(N)n1. The molecule has 5 nitrogen and oxygen atoms in total. The number of carbonyl (C=O) groups is 1. The Morgan fingerprint density at radius 1 is 1.60 bits per heavy atom. The van der Waals surface area contributed by atoms with E-state index in [0.29, 0.717) is 18.2 Å². The number of nitrogens with zero attached hydrogens (tertiary/aromatic N) is 2. The van der Waals surface area contributed by atoms with E-state index in [0.717, 1.165) is 0 Å². The van der Waals surface area contributed by atoms with Crippen LogP contribution in [0.15, 0.2) is 18.2 Å². The lowest BCUT2D eigenvalue weighted by molar-refractivity contribution is -0.127. The zero-order chi connectivity index (χ0) is 11.3. The maximum absolute atomic E-state index is 11.4. The molecule has 1 aromatic heterocycles. The highest BCUT2D eigenvalue weighted by Crippen LogP contribution is 2.04. The number of hydrogen-bond acceptors (Lipinski definition) is 4. The van der Waals surface area contributed by atoms with E-state index >= 15 is 0 Å². The molecule has 0 aliphatic rings. The van der Waals surface area contributed by atoms with E-state index in [1.165, 1.54) is 0 Å². The Morgan fingerprint density at radius 3 is 2.93 bits per heavy atom. The summed E-state index contributed by atoms with van der Waals surface area (Å²) in [5, 5.41) is 2.92. The van der Waals surface area contributed by atoms with Crippen LogP contribution in [0.4, 0.5) is 11.6 Å². The van der Waals surface area contributed by atoms with Gasteiger partial charge in [0.2, 0.25) is 5.91 Å². The summed E-state index contributed by atoms with van der Waals surface area (Å²) in [6.45, 7) is 2.86. The third-order valence-corrected chi connectivity index (χ3v) is 2.09. The van der Waals surface area contributed by atoms with Crippen LogP contribution < -0.4 is 11.1 Å². The Morgan fingerprint density at radius 2 is 2.33 bits per heavy atom. The molecule has 0 aliphatic carbocycles. The molecule has 0 saturated heterocycles. The van der Waals surface area contributed by atoms with Gasteiger partial charge in [-0.05, 0) is 19.1 Å². The Balaban J connectivity index is 2.47. The second kappa shape index (κ2) is 5.19. The van der Waals surface area contributed by atoms with Crippen molar-refractivity contribution >= 4 is 17.5 Å². The first-order valence-electron chi connectivity index (χ1n) is 4.84. The van der Waals surface area contributed by atoms with E-state index in [4.69, 9.17) is 5.73 Å². The van der Waals surface area contributed by atoms with Crippen molar-refractivity contribution in [3.63, 3.8) is 0 Å². The van der Waals surface area contributed by atoms with Gasteiger partial charge in [-0.1, -0.05) is 6.07 Å². The van der Waals surface area contributed by atoms with Crippen molar-refractivity contribution < 1.29 is 4.79 Å². The smallest absolute Gasteiger partial charge is 0.241 e. The summed E-state index contributed by atoms with van der Waals surface area (Å²) in [6, 6.07) is 5.26. The Labute approximate surface area is 89.3 Å². The van der Waals surface area contributed by atoms with Gasteiger partial charge in [0.05, 0.1) is 6.54 Å². The summed E-state index contributed by atoms with van der Waals surface area (Å²) in [7, 11) is 1.76. The first kappa shape index (κ1) is 11.3. The summed E-state index contributed by atoms with van der Waals surface area (Å²) >= 11 is 0. The first-order chi connectivity index (χ1) is 7.13. The van der Waals surface area contributed by atoms with Gasteiger partial charge in [0.15, 0.2) is 0 Å². The molecule has 0 unspecified atom stereocenters. The standard InChI is InChI=1S/C10H16N4O/c1-3-14(2)10(15)7-12-9-6-4-5-8(11)13-9/h4-6H,3,7H2,1-2H3,(H3,11,12,13). The number of likely N-dealkylation sites (N-methyl/N-ethyl adjacent to an activating group) is 1. The molecule has 5 heteroatoms. The van der Waals surface area contributed by atoms with Gasteiger partial charge in [-0.3, -0.25) is 4.79 Å².